The first-order chi connectivity index (χ1) is 5.72. The average Bonchev–Trinajstić information content (AvgIpc) is 2.05. The molecular weight excluding hydrogens is 151 g/mol. The second kappa shape index (κ2) is 3.95. The second-order valence-electron chi connectivity index (χ2n) is 2.59. The van der Waals surface area contributed by atoms with Crippen LogP contribution in [-0.4, -0.2) is 13.8 Å². The molecule has 0 saturated carbocycles. The highest BCUT2D eigenvalue weighted by Crippen LogP contribution is 2.11. The normalized spacial score (nSPS) is 9.42. The van der Waals surface area contributed by atoms with Gasteiger partial charge in [0.1, 0.15) is 13.6 Å². The van der Waals surface area contributed by atoms with Crippen LogP contribution in [0.25, 0.3) is 0 Å². The van der Waals surface area contributed by atoms with E-state index >= 15 is 0 Å². The number of rotatable bonds is 2. The fraction of sp³-hybridized carbons (Fsp3) is 0.222. The molecule has 0 N–H and O–H groups in total. The van der Waals surface area contributed by atoms with Gasteiger partial charge >= 0.3 is 5.97 Å². The summed E-state index contributed by atoms with van der Waals surface area (Å²) in [6, 6.07) is 7.52. The Balaban J connectivity index is 2.71. The van der Waals surface area contributed by atoms with Gasteiger partial charge in [0.2, 0.25) is 0 Å². The minimum absolute atomic E-state index is 0.278. The summed E-state index contributed by atoms with van der Waals surface area (Å²) < 4.78 is 4.87. The Morgan fingerprint density at radius 2 is 2.00 bits per heavy atom. The van der Waals surface area contributed by atoms with E-state index in [2.05, 4.69) is 7.85 Å². The Labute approximate surface area is 73.0 Å². The summed E-state index contributed by atoms with van der Waals surface area (Å²) in [6.45, 7) is 1.40. The first-order valence-electron chi connectivity index (χ1n) is 3.99. The van der Waals surface area contributed by atoms with Crippen molar-refractivity contribution in [3.63, 3.8) is 0 Å². The minimum atomic E-state index is -0.278. The molecule has 2 nitrogen and oxygen atoms in total. The fourth-order valence-electron chi connectivity index (χ4n) is 0.959. The first-order valence-corrected chi connectivity index (χ1v) is 3.99. The van der Waals surface area contributed by atoms with Gasteiger partial charge in [-0.1, -0.05) is 24.0 Å². The molecule has 0 heterocycles. The Morgan fingerprint density at radius 3 is 2.42 bits per heavy atom. The second-order valence-corrected chi connectivity index (χ2v) is 2.59. The van der Waals surface area contributed by atoms with Crippen molar-refractivity contribution in [3.8, 4) is 5.75 Å². The molecule has 0 aliphatic heterocycles. The van der Waals surface area contributed by atoms with Crippen molar-refractivity contribution in [2.75, 3.05) is 0 Å². The summed E-state index contributed by atoms with van der Waals surface area (Å²) in [5.74, 6) is 0.332. The van der Waals surface area contributed by atoms with Gasteiger partial charge in [-0.2, -0.15) is 0 Å². The molecule has 3 heteroatoms. The van der Waals surface area contributed by atoms with Gasteiger partial charge in [0.15, 0.2) is 0 Å². The molecule has 0 spiro atoms. The maximum absolute atomic E-state index is 10.5. The number of ether oxygens (including phenoxy) is 1. The third kappa shape index (κ3) is 2.42. The van der Waals surface area contributed by atoms with Crippen LogP contribution < -0.4 is 4.74 Å². The molecule has 1 rings (SSSR count). The summed E-state index contributed by atoms with van der Waals surface area (Å²) in [7, 11) is 2.08. The molecule has 12 heavy (non-hydrogen) atoms. The van der Waals surface area contributed by atoms with Crippen LogP contribution in [0.3, 0.4) is 0 Å². The summed E-state index contributed by atoms with van der Waals surface area (Å²) in [5, 5.41) is 0. The van der Waals surface area contributed by atoms with Crippen LogP contribution in [0.1, 0.15) is 12.5 Å². The highest BCUT2D eigenvalue weighted by Gasteiger charge is 1.96. The third-order valence-electron chi connectivity index (χ3n) is 1.59. The molecular formula is C9H11BO2. The largest absolute Gasteiger partial charge is 0.427 e. The lowest BCUT2D eigenvalue weighted by Crippen LogP contribution is -2.01. The first kappa shape index (κ1) is 8.85. The lowest BCUT2D eigenvalue weighted by molar-refractivity contribution is -0.131. The molecule has 0 aliphatic carbocycles. The van der Waals surface area contributed by atoms with Crippen molar-refractivity contribution in [2.24, 2.45) is 0 Å². The van der Waals surface area contributed by atoms with Gasteiger partial charge in [-0.3, -0.25) is 4.79 Å². The van der Waals surface area contributed by atoms with Crippen LogP contribution in [0.2, 0.25) is 0 Å². The van der Waals surface area contributed by atoms with E-state index in [1.165, 1.54) is 12.5 Å². The van der Waals surface area contributed by atoms with Gasteiger partial charge in [-0.15, -0.1) is 0 Å². The van der Waals surface area contributed by atoms with E-state index in [9.17, 15) is 4.79 Å². The van der Waals surface area contributed by atoms with Gasteiger partial charge < -0.3 is 4.74 Å². The average molecular weight is 162 g/mol. The number of carbonyl (C=O) groups is 1. The predicted molar refractivity (Wildman–Crippen MR) is 50.0 cm³/mol. The molecule has 0 aliphatic rings. The molecule has 0 bridgehead atoms. The highest BCUT2D eigenvalue weighted by atomic mass is 16.5. The Morgan fingerprint density at radius 1 is 1.42 bits per heavy atom. The molecule has 0 atom stereocenters. The number of benzene rings is 1. The molecule has 0 radical (unpaired) electrons. The Kier molecular flexibility index (Phi) is 2.91. The Bertz CT molecular complexity index is 266. The van der Waals surface area contributed by atoms with Gasteiger partial charge in [0.05, 0.1) is 0 Å². The van der Waals surface area contributed by atoms with E-state index in [4.69, 9.17) is 4.74 Å². The van der Waals surface area contributed by atoms with Gasteiger partial charge in [0.25, 0.3) is 0 Å². The zero-order valence-corrected chi connectivity index (χ0v) is 7.33. The van der Waals surface area contributed by atoms with E-state index in [1.54, 1.807) is 12.1 Å². The molecule has 0 amide bonds. The van der Waals surface area contributed by atoms with E-state index in [1.807, 2.05) is 12.1 Å². The van der Waals surface area contributed by atoms with E-state index in [0.29, 0.717) is 5.75 Å². The summed E-state index contributed by atoms with van der Waals surface area (Å²) in [6.07, 6.45) is 1.00. The molecule has 1 aromatic carbocycles. The monoisotopic (exact) mass is 162 g/mol. The maximum Gasteiger partial charge on any atom is 0.308 e. The lowest BCUT2D eigenvalue weighted by atomic mass is 9.97. The number of hydrogen-bond donors (Lipinski definition) is 0. The standard InChI is InChI=1S/C9H11BO2/c1-7(11)12-9-4-2-8(6-10)3-5-9/h2-5H,6,10H2,1H3. The Hall–Kier alpha value is -1.25. The van der Waals surface area contributed by atoms with Gasteiger partial charge in [0, 0.05) is 6.92 Å². The van der Waals surface area contributed by atoms with Crippen LogP contribution in [0.5, 0.6) is 5.75 Å². The van der Waals surface area contributed by atoms with Crippen LogP contribution in [0.15, 0.2) is 24.3 Å². The predicted octanol–water partition coefficient (Wildman–Crippen LogP) is 0.745. The van der Waals surface area contributed by atoms with Crippen molar-refractivity contribution in [2.45, 2.75) is 13.2 Å². The van der Waals surface area contributed by atoms with Gasteiger partial charge in [-0.25, -0.2) is 0 Å². The number of hydrogen-bond acceptors (Lipinski definition) is 2. The molecule has 0 aromatic heterocycles. The van der Waals surface area contributed by atoms with Crippen LogP contribution in [0, 0.1) is 0 Å². The summed E-state index contributed by atoms with van der Waals surface area (Å²) >= 11 is 0. The SMILES string of the molecule is BCc1ccc(OC(C)=O)cc1. The lowest BCUT2D eigenvalue weighted by Gasteiger charge is -2.01. The molecule has 0 fully saturated rings. The number of esters is 1. The van der Waals surface area contributed by atoms with Crippen molar-refractivity contribution >= 4 is 13.8 Å². The van der Waals surface area contributed by atoms with Crippen molar-refractivity contribution in [3.05, 3.63) is 29.8 Å². The van der Waals surface area contributed by atoms with Crippen LogP contribution in [0.4, 0.5) is 0 Å². The van der Waals surface area contributed by atoms with E-state index < -0.39 is 0 Å². The maximum atomic E-state index is 10.5. The molecule has 62 valence electrons. The van der Waals surface area contributed by atoms with Crippen molar-refractivity contribution in [1.29, 1.82) is 0 Å². The van der Waals surface area contributed by atoms with Gasteiger partial charge in [-0.05, 0) is 12.1 Å². The highest BCUT2D eigenvalue weighted by molar-refractivity contribution is 6.08. The third-order valence-corrected chi connectivity index (χ3v) is 1.59. The molecule has 0 saturated heterocycles. The smallest absolute Gasteiger partial charge is 0.308 e. The van der Waals surface area contributed by atoms with E-state index in [0.717, 1.165) is 6.32 Å². The zero-order valence-electron chi connectivity index (χ0n) is 7.33. The zero-order chi connectivity index (χ0) is 8.97. The van der Waals surface area contributed by atoms with Crippen molar-refractivity contribution in [1.82, 2.24) is 0 Å². The summed E-state index contributed by atoms with van der Waals surface area (Å²) in [5.41, 5.74) is 1.24. The summed E-state index contributed by atoms with van der Waals surface area (Å²) in [4.78, 5) is 10.5. The topological polar surface area (TPSA) is 26.3 Å². The van der Waals surface area contributed by atoms with Crippen LogP contribution >= 0.6 is 0 Å². The van der Waals surface area contributed by atoms with E-state index in [-0.39, 0.29) is 5.97 Å². The minimum Gasteiger partial charge on any atom is -0.427 e. The quantitative estimate of drug-likeness (QED) is 0.364. The molecule has 1 aromatic rings. The fourth-order valence-corrected chi connectivity index (χ4v) is 0.959. The van der Waals surface area contributed by atoms with Crippen molar-refractivity contribution < 1.29 is 9.53 Å². The molecule has 0 unspecified atom stereocenters. The number of carbonyl (C=O) groups excluding carboxylic acids is 1. The van der Waals surface area contributed by atoms with Crippen LogP contribution in [-0.2, 0) is 11.1 Å².